The van der Waals surface area contributed by atoms with E-state index < -0.39 is 0 Å². The summed E-state index contributed by atoms with van der Waals surface area (Å²) in [7, 11) is 1.83. The van der Waals surface area contributed by atoms with Crippen molar-refractivity contribution in [2.75, 3.05) is 33.2 Å². The van der Waals surface area contributed by atoms with Crippen molar-refractivity contribution in [3.63, 3.8) is 0 Å². The molecular weight excluding hydrogens is 266 g/mol. The predicted octanol–water partition coefficient (Wildman–Crippen LogP) is 2.00. The summed E-state index contributed by atoms with van der Waals surface area (Å²) in [5, 5.41) is 0. The van der Waals surface area contributed by atoms with Crippen molar-refractivity contribution in [2.45, 2.75) is 33.6 Å². The van der Waals surface area contributed by atoms with E-state index in [1.807, 2.05) is 20.9 Å². The molecule has 0 spiro atoms. The van der Waals surface area contributed by atoms with Gasteiger partial charge in [-0.05, 0) is 45.3 Å². The van der Waals surface area contributed by atoms with Crippen LogP contribution in [-0.4, -0.2) is 59.7 Å². The largest absolute Gasteiger partial charge is 0.355 e. The minimum absolute atomic E-state index is 0.00653. The number of rotatable bonds is 5. The number of ketones is 1. The molecule has 1 saturated heterocycles. The molecule has 1 amide bonds. The lowest BCUT2D eigenvalue weighted by Crippen LogP contribution is -2.35. The second-order valence-electron chi connectivity index (χ2n) is 5.96. The quantitative estimate of drug-likeness (QED) is 0.844. The number of nitrogens with zero attached hydrogens (tertiary/aromatic N) is 2. The Bertz CT molecular complexity index is 542. The monoisotopic (exact) mass is 291 g/mol. The Morgan fingerprint density at radius 2 is 1.86 bits per heavy atom. The first-order chi connectivity index (χ1) is 9.91. The zero-order chi connectivity index (χ0) is 15.6. The highest BCUT2D eigenvalue weighted by molar-refractivity contribution is 6.02. The van der Waals surface area contributed by atoms with Crippen LogP contribution in [0.15, 0.2) is 0 Å². The van der Waals surface area contributed by atoms with Crippen molar-refractivity contribution in [3.8, 4) is 0 Å². The van der Waals surface area contributed by atoms with Crippen LogP contribution in [0.25, 0.3) is 0 Å². The van der Waals surface area contributed by atoms with E-state index in [1.54, 1.807) is 4.90 Å². The van der Waals surface area contributed by atoms with Crippen LogP contribution in [0, 0.1) is 13.8 Å². The summed E-state index contributed by atoms with van der Waals surface area (Å²) >= 11 is 0. The van der Waals surface area contributed by atoms with Gasteiger partial charge in [-0.2, -0.15) is 0 Å². The number of likely N-dealkylation sites (N-methyl/N-ethyl adjacent to an activating group) is 1. The lowest BCUT2D eigenvalue weighted by atomic mass is 10.1. The maximum absolute atomic E-state index is 12.6. The number of Topliss-reactive ketones (excluding diaryl/α,β-unsaturated/α-hetero) is 1. The Hall–Kier alpha value is -1.62. The first-order valence-corrected chi connectivity index (χ1v) is 7.59. The smallest absolute Gasteiger partial charge is 0.255 e. The molecule has 0 radical (unpaired) electrons. The van der Waals surface area contributed by atoms with Crippen molar-refractivity contribution in [3.05, 3.63) is 22.5 Å². The van der Waals surface area contributed by atoms with E-state index in [9.17, 15) is 9.59 Å². The van der Waals surface area contributed by atoms with Gasteiger partial charge in [-0.3, -0.25) is 9.59 Å². The zero-order valence-corrected chi connectivity index (χ0v) is 13.5. The van der Waals surface area contributed by atoms with Crippen LogP contribution in [0.4, 0.5) is 0 Å². The highest BCUT2D eigenvalue weighted by Gasteiger charge is 2.23. The Morgan fingerprint density at radius 1 is 1.24 bits per heavy atom. The number of nitrogens with one attached hydrogen (secondary N) is 1. The lowest BCUT2D eigenvalue weighted by molar-refractivity contribution is 0.0781. The number of H-pyrrole nitrogens is 1. The molecule has 116 valence electrons. The molecule has 0 saturated carbocycles. The van der Waals surface area contributed by atoms with Crippen LogP contribution < -0.4 is 0 Å². The van der Waals surface area contributed by atoms with Crippen LogP contribution in [-0.2, 0) is 0 Å². The molecule has 21 heavy (non-hydrogen) atoms. The third-order valence-electron chi connectivity index (χ3n) is 4.30. The fourth-order valence-corrected chi connectivity index (χ4v) is 3.01. The molecule has 1 aromatic rings. The SMILES string of the molecule is CC(=O)c1[nH]c(C)c(C(=O)N(C)CCN2CCCC2)c1C. The van der Waals surface area contributed by atoms with Gasteiger partial charge in [0.2, 0.25) is 0 Å². The molecule has 1 aliphatic heterocycles. The lowest BCUT2D eigenvalue weighted by Gasteiger charge is -2.22. The normalized spacial score (nSPS) is 15.4. The summed E-state index contributed by atoms with van der Waals surface area (Å²) in [6.45, 7) is 9.12. The minimum Gasteiger partial charge on any atom is -0.355 e. The van der Waals surface area contributed by atoms with Crippen LogP contribution in [0.3, 0.4) is 0 Å². The van der Waals surface area contributed by atoms with Crippen molar-refractivity contribution >= 4 is 11.7 Å². The number of aromatic nitrogens is 1. The Kier molecular flexibility index (Phi) is 4.83. The first kappa shape index (κ1) is 15.8. The Labute approximate surface area is 126 Å². The average molecular weight is 291 g/mol. The molecule has 0 aromatic carbocycles. The summed E-state index contributed by atoms with van der Waals surface area (Å²) in [5.74, 6) is -0.0395. The molecule has 2 heterocycles. The van der Waals surface area contributed by atoms with E-state index in [4.69, 9.17) is 0 Å². The van der Waals surface area contributed by atoms with Crippen LogP contribution in [0.5, 0.6) is 0 Å². The van der Waals surface area contributed by atoms with Gasteiger partial charge in [0.15, 0.2) is 5.78 Å². The molecule has 0 bridgehead atoms. The van der Waals surface area contributed by atoms with Gasteiger partial charge in [0, 0.05) is 32.8 Å². The Morgan fingerprint density at radius 3 is 2.38 bits per heavy atom. The van der Waals surface area contributed by atoms with Crippen LogP contribution in [0.1, 0.15) is 51.9 Å². The summed E-state index contributed by atoms with van der Waals surface area (Å²) in [6, 6.07) is 0. The molecule has 5 nitrogen and oxygen atoms in total. The fourth-order valence-electron chi connectivity index (χ4n) is 3.01. The van der Waals surface area contributed by atoms with Gasteiger partial charge >= 0.3 is 0 Å². The summed E-state index contributed by atoms with van der Waals surface area (Å²) in [5.41, 5.74) is 2.72. The fraction of sp³-hybridized carbons (Fsp3) is 0.625. The molecule has 2 rings (SSSR count). The van der Waals surface area contributed by atoms with Gasteiger partial charge in [-0.1, -0.05) is 0 Å². The topological polar surface area (TPSA) is 56.4 Å². The third kappa shape index (κ3) is 3.35. The van der Waals surface area contributed by atoms with Gasteiger partial charge in [0.1, 0.15) is 0 Å². The standard InChI is InChI=1S/C16H25N3O2/c1-11-14(12(2)17-15(11)13(3)20)16(21)18(4)9-10-19-7-5-6-8-19/h17H,5-10H2,1-4H3. The van der Waals surface area contributed by atoms with Crippen molar-refractivity contribution in [2.24, 2.45) is 0 Å². The number of amides is 1. The average Bonchev–Trinajstić information content (AvgIpc) is 3.03. The third-order valence-corrected chi connectivity index (χ3v) is 4.30. The van der Waals surface area contributed by atoms with E-state index in [2.05, 4.69) is 9.88 Å². The number of aryl methyl sites for hydroxylation is 1. The van der Waals surface area contributed by atoms with E-state index in [1.165, 1.54) is 19.8 Å². The molecule has 0 aliphatic carbocycles. The molecule has 1 aliphatic rings. The molecule has 0 atom stereocenters. The van der Waals surface area contributed by atoms with Gasteiger partial charge in [-0.15, -0.1) is 0 Å². The summed E-state index contributed by atoms with van der Waals surface area (Å²) in [6.07, 6.45) is 2.52. The maximum Gasteiger partial charge on any atom is 0.255 e. The number of aromatic amines is 1. The van der Waals surface area contributed by atoms with Gasteiger partial charge in [-0.25, -0.2) is 0 Å². The number of carbonyl (C=O) groups is 2. The van der Waals surface area contributed by atoms with Gasteiger partial charge in [0.05, 0.1) is 11.3 Å². The highest BCUT2D eigenvalue weighted by atomic mass is 16.2. The van der Waals surface area contributed by atoms with Gasteiger partial charge < -0.3 is 14.8 Å². The summed E-state index contributed by atoms with van der Waals surface area (Å²) < 4.78 is 0. The van der Waals surface area contributed by atoms with E-state index in [0.29, 0.717) is 11.3 Å². The number of hydrogen-bond donors (Lipinski definition) is 1. The zero-order valence-electron chi connectivity index (χ0n) is 13.5. The maximum atomic E-state index is 12.6. The van der Waals surface area contributed by atoms with Crippen LogP contribution >= 0.6 is 0 Å². The van der Waals surface area contributed by atoms with E-state index >= 15 is 0 Å². The van der Waals surface area contributed by atoms with E-state index in [0.717, 1.165) is 37.4 Å². The van der Waals surface area contributed by atoms with Gasteiger partial charge in [0.25, 0.3) is 5.91 Å². The minimum atomic E-state index is -0.0330. The number of likely N-dealkylation sites (tertiary alicyclic amines) is 1. The molecule has 1 fully saturated rings. The highest BCUT2D eigenvalue weighted by Crippen LogP contribution is 2.20. The molecule has 5 heteroatoms. The summed E-state index contributed by atoms with van der Waals surface area (Å²) in [4.78, 5) is 31.3. The van der Waals surface area contributed by atoms with Crippen LogP contribution in [0.2, 0.25) is 0 Å². The second-order valence-corrected chi connectivity index (χ2v) is 5.96. The molecular formula is C16H25N3O2. The van der Waals surface area contributed by atoms with E-state index in [-0.39, 0.29) is 11.7 Å². The predicted molar refractivity (Wildman–Crippen MR) is 82.9 cm³/mol. The number of hydrogen-bond acceptors (Lipinski definition) is 3. The number of carbonyl (C=O) groups excluding carboxylic acids is 2. The van der Waals surface area contributed by atoms with Crippen molar-refractivity contribution in [1.82, 2.24) is 14.8 Å². The Balaban J connectivity index is 2.06. The van der Waals surface area contributed by atoms with Crippen molar-refractivity contribution in [1.29, 1.82) is 0 Å². The first-order valence-electron chi connectivity index (χ1n) is 7.59. The molecule has 1 aromatic heterocycles. The molecule has 1 N–H and O–H groups in total. The second kappa shape index (κ2) is 6.43. The van der Waals surface area contributed by atoms with Crippen molar-refractivity contribution < 1.29 is 9.59 Å². The molecule has 0 unspecified atom stereocenters.